The Balaban J connectivity index is 2.24. The molecule has 0 aliphatic heterocycles. The lowest BCUT2D eigenvalue weighted by Crippen LogP contribution is -1.86. The molecule has 0 radical (unpaired) electrons. The first-order valence-corrected chi connectivity index (χ1v) is 6.52. The van der Waals surface area contributed by atoms with Gasteiger partial charge in [-0.3, -0.25) is 0 Å². The number of aromatic nitrogens is 1. The fourth-order valence-electron chi connectivity index (χ4n) is 1.06. The van der Waals surface area contributed by atoms with Crippen LogP contribution in [-0.2, 0) is 11.3 Å². The van der Waals surface area contributed by atoms with E-state index in [-0.39, 0.29) is 0 Å². The molecule has 2 aromatic rings. The number of methoxy groups -OCH3 is 1. The molecule has 0 aromatic carbocycles. The molecule has 74 valence electrons. The average molecular weight is 290 g/mol. The maximum Gasteiger partial charge on any atom is 0.133 e. The maximum atomic E-state index is 5.02. The average Bonchev–Trinajstić information content (AvgIpc) is 2.74. The molecule has 2 heterocycles. The van der Waals surface area contributed by atoms with Crippen LogP contribution in [0.25, 0.3) is 9.88 Å². The SMILES string of the molecule is COCc1csc(-c2cc(Br)cs2)n1. The second-order valence-electron chi connectivity index (χ2n) is 2.71. The minimum Gasteiger partial charge on any atom is -0.378 e. The number of nitrogens with zero attached hydrogens (tertiary/aromatic N) is 1. The van der Waals surface area contributed by atoms with Crippen molar-refractivity contribution in [2.75, 3.05) is 7.11 Å². The van der Waals surface area contributed by atoms with Gasteiger partial charge < -0.3 is 4.74 Å². The standard InChI is InChI=1S/C9H8BrNOS2/c1-12-3-7-5-14-9(11-7)8-2-6(10)4-13-8/h2,4-5H,3H2,1H3. The minimum atomic E-state index is 0.586. The molecular formula is C9H8BrNOS2. The normalized spacial score (nSPS) is 10.7. The van der Waals surface area contributed by atoms with E-state index in [0.717, 1.165) is 15.2 Å². The van der Waals surface area contributed by atoms with Gasteiger partial charge in [-0.15, -0.1) is 22.7 Å². The summed E-state index contributed by atoms with van der Waals surface area (Å²) in [4.78, 5) is 5.67. The van der Waals surface area contributed by atoms with Crippen LogP contribution in [0.1, 0.15) is 5.69 Å². The Kier molecular flexibility index (Phi) is 3.33. The first kappa shape index (κ1) is 10.3. The van der Waals surface area contributed by atoms with Gasteiger partial charge in [0.2, 0.25) is 0 Å². The zero-order chi connectivity index (χ0) is 9.97. The molecule has 2 rings (SSSR count). The molecule has 0 atom stereocenters. The largest absolute Gasteiger partial charge is 0.378 e. The van der Waals surface area contributed by atoms with Crippen LogP contribution in [0.3, 0.4) is 0 Å². The molecular weight excluding hydrogens is 282 g/mol. The van der Waals surface area contributed by atoms with Gasteiger partial charge in [0.15, 0.2) is 0 Å². The smallest absolute Gasteiger partial charge is 0.133 e. The first-order chi connectivity index (χ1) is 6.79. The number of rotatable bonds is 3. The Bertz CT molecular complexity index is 424. The number of thiophene rings is 1. The predicted octanol–water partition coefficient (Wildman–Crippen LogP) is 3.78. The monoisotopic (exact) mass is 289 g/mol. The highest BCUT2D eigenvalue weighted by Gasteiger charge is 2.06. The molecule has 0 bridgehead atoms. The number of ether oxygens (including phenoxy) is 1. The van der Waals surface area contributed by atoms with Crippen molar-refractivity contribution in [2.24, 2.45) is 0 Å². The molecule has 2 nitrogen and oxygen atoms in total. The zero-order valence-electron chi connectivity index (χ0n) is 7.49. The van der Waals surface area contributed by atoms with Crippen molar-refractivity contribution in [1.29, 1.82) is 0 Å². The Hall–Kier alpha value is -0.230. The number of halogens is 1. The van der Waals surface area contributed by atoms with Crippen molar-refractivity contribution >= 4 is 38.6 Å². The van der Waals surface area contributed by atoms with Crippen molar-refractivity contribution in [1.82, 2.24) is 4.98 Å². The van der Waals surface area contributed by atoms with Crippen molar-refractivity contribution in [3.63, 3.8) is 0 Å². The lowest BCUT2D eigenvalue weighted by Gasteiger charge is -1.90. The lowest BCUT2D eigenvalue weighted by atomic mass is 10.5. The van der Waals surface area contributed by atoms with Crippen LogP contribution in [0.2, 0.25) is 0 Å². The molecule has 0 N–H and O–H groups in total. The molecule has 0 saturated heterocycles. The molecule has 0 aliphatic carbocycles. The predicted molar refractivity (Wildman–Crippen MR) is 63.8 cm³/mol. The molecule has 0 aliphatic rings. The first-order valence-electron chi connectivity index (χ1n) is 3.97. The van der Waals surface area contributed by atoms with Crippen LogP contribution in [-0.4, -0.2) is 12.1 Å². The Morgan fingerprint density at radius 3 is 2.93 bits per heavy atom. The summed E-state index contributed by atoms with van der Waals surface area (Å²) in [6.45, 7) is 0.586. The topological polar surface area (TPSA) is 22.1 Å². The molecule has 2 aromatic heterocycles. The third kappa shape index (κ3) is 2.23. The summed E-state index contributed by atoms with van der Waals surface area (Å²) in [6.07, 6.45) is 0. The van der Waals surface area contributed by atoms with Gasteiger partial charge in [-0.05, 0) is 22.0 Å². The summed E-state index contributed by atoms with van der Waals surface area (Å²) in [6, 6.07) is 2.08. The zero-order valence-corrected chi connectivity index (χ0v) is 10.7. The number of hydrogen-bond donors (Lipinski definition) is 0. The number of hydrogen-bond acceptors (Lipinski definition) is 4. The summed E-state index contributed by atoms with van der Waals surface area (Å²) < 4.78 is 6.13. The van der Waals surface area contributed by atoms with Gasteiger partial charge in [0.25, 0.3) is 0 Å². The van der Waals surface area contributed by atoms with Crippen LogP contribution in [0.4, 0.5) is 0 Å². The molecule has 0 fully saturated rings. The second kappa shape index (κ2) is 4.53. The van der Waals surface area contributed by atoms with E-state index in [1.807, 2.05) is 5.38 Å². The highest BCUT2D eigenvalue weighted by molar-refractivity contribution is 9.10. The van der Waals surface area contributed by atoms with Gasteiger partial charge in [-0.2, -0.15) is 0 Å². The van der Waals surface area contributed by atoms with E-state index in [4.69, 9.17) is 4.74 Å². The third-order valence-electron chi connectivity index (χ3n) is 1.62. The van der Waals surface area contributed by atoms with Gasteiger partial charge in [-0.25, -0.2) is 4.98 Å². The van der Waals surface area contributed by atoms with Gasteiger partial charge >= 0.3 is 0 Å². The number of thiazole rings is 1. The van der Waals surface area contributed by atoms with E-state index >= 15 is 0 Å². The van der Waals surface area contributed by atoms with Crippen molar-refractivity contribution < 1.29 is 4.74 Å². The minimum absolute atomic E-state index is 0.586. The van der Waals surface area contributed by atoms with Crippen LogP contribution in [0.15, 0.2) is 21.3 Å². The molecule has 5 heteroatoms. The van der Waals surface area contributed by atoms with Crippen LogP contribution in [0, 0.1) is 0 Å². The van der Waals surface area contributed by atoms with E-state index < -0.39 is 0 Å². The quantitative estimate of drug-likeness (QED) is 0.858. The van der Waals surface area contributed by atoms with Crippen molar-refractivity contribution in [3.05, 3.63) is 27.0 Å². The van der Waals surface area contributed by atoms with Crippen molar-refractivity contribution in [3.8, 4) is 9.88 Å². The van der Waals surface area contributed by atoms with Crippen LogP contribution in [0.5, 0.6) is 0 Å². The summed E-state index contributed by atoms with van der Waals surface area (Å²) in [5.41, 5.74) is 0.997. The van der Waals surface area contributed by atoms with Gasteiger partial charge in [-0.1, -0.05) is 0 Å². The highest BCUT2D eigenvalue weighted by Crippen LogP contribution is 2.31. The van der Waals surface area contributed by atoms with E-state index in [1.165, 1.54) is 4.88 Å². The fraction of sp³-hybridized carbons (Fsp3) is 0.222. The van der Waals surface area contributed by atoms with Gasteiger partial charge in [0, 0.05) is 22.3 Å². The van der Waals surface area contributed by atoms with Crippen molar-refractivity contribution in [2.45, 2.75) is 6.61 Å². The summed E-state index contributed by atoms with van der Waals surface area (Å²) >= 11 is 6.78. The summed E-state index contributed by atoms with van der Waals surface area (Å²) in [7, 11) is 1.68. The van der Waals surface area contributed by atoms with Crippen LogP contribution < -0.4 is 0 Å². The highest BCUT2D eigenvalue weighted by atomic mass is 79.9. The van der Waals surface area contributed by atoms with E-state index in [2.05, 4.69) is 32.4 Å². The summed E-state index contributed by atoms with van der Waals surface area (Å²) in [5, 5.41) is 5.16. The molecule has 0 unspecified atom stereocenters. The molecule has 0 saturated carbocycles. The van der Waals surface area contributed by atoms with E-state index in [1.54, 1.807) is 29.8 Å². The van der Waals surface area contributed by atoms with Gasteiger partial charge in [0.1, 0.15) is 5.01 Å². The van der Waals surface area contributed by atoms with E-state index in [0.29, 0.717) is 6.61 Å². The molecule has 0 spiro atoms. The third-order valence-corrected chi connectivity index (χ3v) is 4.37. The lowest BCUT2D eigenvalue weighted by molar-refractivity contribution is 0.182. The Labute approximate surface area is 98.7 Å². The fourth-order valence-corrected chi connectivity index (χ4v) is 3.37. The van der Waals surface area contributed by atoms with E-state index in [9.17, 15) is 0 Å². The van der Waals surface area contributed by atoms with Gasteiger partial charge in [0.05, 0.1) is 17.2 Å². The molecule has 14 heavy (non-hydrogen) atoms. The Morgan fingerprint density at radius 2 is 2.29 bits per heavy atom. The molecule has 0 amide bonds. The second-order valence-corrected chi connectivity index (χ2v) is 5.39. The maximum absolute atomic E-state index is 5.02. The summed E-state index contributed by atoms with van der Waals surface area (Å²) in [5.74, 6) is 0. The van der Waals surface area contributed by atoms with Crippen LogP contribution >= 0.6 is 38.6 Å². The Morgan fingerprint density at radius 1 is 1.43 bits per heavy atom.